The number of hydrogen-bond acceptors (Lipinski definition) is 4. The van der Waals surface area contributed by atoms with Gasteiger partial charge in [0.1, 0.15) is 4.88 Å². The number of aromatic nitrogens is 3. The predicted molar refractivity (Wildman–Crippen MR) is 89.4 cm³/mol. The third-order valence-electron chi connectivity index (χ3n) is 3.55. The highest BCUT2D eigenvalue weighted by Crippen LogP contribution is 2.18. The first-order chi connectivity index (χ1) is 10.4. The smallest absolute Gasteiger partial charge is 0.263 e. The summed E-state index contributed by atoms with van der Waals surface area (Å²) in [6, 6.07) is 2.07. The Bertz CT molecular complexity index is 659. The van der Waals surface area contributed by atoms with Crippen molar-refractivity contribution < 1.29 is 4.79 Å². The van der Waals surface area contributed by atoms with E-state index in [4.69, 9.17) is 0 Å². The molecular formula is C16H24N4OS. The third-order valence-corrected chi connectivity index (χ3v) is 4.85. The van der Waals surface area contributed by atoms with E-state index in [2.05, 4.69) is 42.2 Å². The van der Waals surface area contributed by atoms with Crippen LogP contribution in [-0.4, -0.2) is 27.2 Å². The van der Waals surface area contributed by atoms with Crippen molar-refractivity contribution in [3.8, 4) is 0 Å². The van der Waals surface area contributed by atoms with Gasteiger partial charge in [-0.2, -0.15) is 5.10 Å². The average molecular weight is 320 g/mol. The molecule has 0 aliphatic heterocycles. The predicted octanol–water partition coefficient (Wildman–Crippen LogP) is 2.89. The summed E-state index contributed by atoms with van der Waals surface area (Å²) in [6.45, 7) is 11.6. The van der Waals surface area contributed by atoms with Crippen molar-refractivity contribution in [2.24, 2.45) is 5.92 Å². The number of amides is 1. The van der Waals surface area contributed by atoms with Gasteiger partial charge in [-0.1, -0.05) is 13.8 Å². The molecule has 2 heterocycles. The summed E-state index contributed by atoms with van der Waals surface area (Å²) in [5.41, 5.74) is 3.01. The maximum absolute atomic E-state index is 12.3. The number of carbonyl (C=O) groups is 1. The summed E-state index contributed by atoms with van der Waals surface area (Å²) < 4.78 is 2.00. The van der Waals surface area contributed by atoms with Crippen molar-refractivity contribution in [3.05, 3.63) is 33.0 Å². The van der Waals surface area contributed by atoms with Crippen LogP contribution >= 0.6 is 11.3 Å². The van der Waals surface area contributed by atoms with E-state index in [0.717, 1.165) is 39.9 Å². The number of hydrogen-bond donors (Lipinski definition) is 1. The van der Waals surface area contributed by atoms with Crippen LogP contribution in [0.5, 0.6) is 0 Å². The second-order valence-electron chi connectivity index (χ2n) is 5.80. The van der Waals surface area contributed by atoms with Crippen molar-refractivity contribution in [3.63, 3.8) is 0 Å². The molecule has 0 saturated carbocycles. The number of aryl methyl sites for hydroxylation is 4. The highest BCUT2D eigenvalue weighted by molar-refractivity contribution is 7.13. The molecule has 0 saturated heterocycles. The van der Waals surface area contributed by atoms with Gasteiger partial charge >= 0.3 is 0 Å². The molecule has 0 fully saturated rings. The Balaban J connectivity index is 1.90. The lowest BCUT2D eigenvalue weighted by atomic mass is 10.2. The topological polar surface area (TPSA) is 59.8 Å². The first kappa shape index (κ1) is 16.7. The summed E-state index contributed by atoms with van der Waals surface area (Å²) in [5.74, 6) is 0.302. The molecule has 2 aromatic rings. The second kappa shape index (κ2) is 7.05. The van der Waals surface area contributed by atoms with Gasteiger partial charge < -0.3 is 5.32 Å². The Hall–Kier alpha value is -1.69. The molecule has 1 N–H and O–H groups in total. The molecule has 0 spiro atoms. The molecule has 0 aliphatic carbocycles. The molecule has 0 aromatic carbocycles. The number of thiazole rings is 1. The molecule has 1 amide bonds. The molecule has 120 valence electrons. The SMILES string of the molecule is CCc1nc(C)c(C(=O)NCC(C)Cn2nc(C)cc2C)s1. The van der Waals surface area contributed by atoms with Gasteiger partial charge in [-0.15, -0.1) is 11.3 Å². The van der Waals surface area contributed by atoms with E-state index >= 15 is 0 Å². The van der Waals surface area contributed by atoms with E-state index in [1.165, 1.54) is 11.3 Å². The number of nitrogens with zero attached hydrogens (tertiary/aromatic N) is 3. The number of rotatable bonds is 6. The van der Waals surface area contributed by atoms with Gasteiger partial charge in [0.05, 0.1) is 16.4 Å². The first-order valence-electron chi connectivity index (χ1n) is 7.66. The molecule has 2 rings (SSSR count). The van der Waals surface area contributed by atoms with E-state index in [1.54, 1.807) is 0 Å². The zero-order chi connectivity index (χ0) is 16.3. The van der Waals surface area contributed by atoms with E-state index < -0.39 is 0 Å². The van der Waals surface area contributed by atoms with Gasteiger partial charge in [-0.05, 0) is 39.2 Å². The maximum Gasteiger partial charge on any atom is 0.263 e. The summed E-state index contributed by atoms with van der Waals surface area (Å²) >= 11 is 1.49. The van der Waals surface area contributed by atoms with Crippen LogP contribution in [-0.2, 0) is 13.0 Å². The van der Waals surface area contributed by atoms with E-state index in [9.17, 15) is 4.79 Å². The normalized spacial score (nSPS) is 12.4. The number of nitrogens with one attached hydrogen (secondary N) is 1. The second-order valence-corrected chi connectivity index (χ2v) is 6.88. The standard InChI is InChI=1S/C16H24N4OS/c1-6-14-18-13(5)15(22-14)16(21)17-8-10(2)9-20-12(4)7-11(3)19-20/h7,10H,6,8-9H2,1-5H3,(H,17,21). The fourth-order valence-corrected chi connectivity index (χ4v) is 3.30. The highest BCUT2D eigenvalue weighted by Gasteiger charge is 2.15. The quantitative estimate of drug-likeness (QED) is 0.890. The van der Waals surface area contributed by atoms with E-state index in [1.807, 2.05) is 18.5 Å². The molecular weight excluding hydrogens is 296 g/mol. The lowest BCUT2D eigenvalue weighted by Gasteiger charge is -2.13. The van der Waals surface area contributed by atoms with Gasteiger partial charge in [-0.3, -0.25) is 9.48 Å². The first-order valence-corrected chi connectivity index (χ1v) is 8.47. The van der Waals surface area contributed by atoms with Crippen LogP contribution in [0.25, 0.3) is 0 Å². The third kappa shape index (κ3) is 3.94. The van der Waals surface area contributed by atoms with Crippen LogP contribution in [0.3, 0.4) is 0 Å². The summed E-state index contributed by atoms with van der Waals surface area (Å²) in [6.07, 6.45) is 0.868. The molecule has 2 aromatic heterocycles. The minimum absolute atomic E-state index is 0.0186. The van der Waals surface area contributed by atoms with Crippen LogP contribution in [0.4, 0.5) is 0 Å². The summed E-state index contributed by atoms with van der Waals surface area (Å²) in [7, 11) is 0. The molecule has 0 bridgehead atoms. The van der Waals surface area contributed by atoms with Gasteiger partial charge in [0.2, 0.25) is 0 Å². The maximum atomic E-state index is 12.3. The molecule has 1 unspecified atom stereocenters. The molecule has 22 heavy (non-hydrogen) atoms. The average Bonchev–Trinajstić information content (AvgIpc) is 2.99. The van der Waals surface area contributed by atoms with Crippen LogP contribution in [0.1, 0.15) is 45.6 Å². The van der Waals surface area contributed by atoms with Crippen molar-refractivity contribution in [1.29, 1.82) is 0 Å². The minimum atomic E-state index is -0.0186. The summed E-state index contributed by atoms with van der Waals surface area (Å²) in [4.78, 5) is 17.4. The monoisotopic (exact) mass is 320 g/mol. The Morgan fingerprint density at radius 2 is 2.14 bits per heavy atom. The van der Waals surface area contributed by atoms with Crippen LogP contribution in [0.15, 0.2) is 6.07 Å². The molecule has 0 radical (unpaired) electrons. The van der Waals surface area contributed by atoms with Crippen LogP contribution in [0.2, 0.25) is 0 Å². The van der Waals surface area contributed by atoms with Crippen molar-refractivity contribution in [1.82, 2.24) is 20.1 Å². The Morgan fingerprint density at radius 3 is 2.68 bits per heavy atom. The van der Waals surface area contributed by atoms with E-state index in [-0.39, 0.29) is 5.91 Å². The fourth-order valence-electron chi connectivity index (χ4n) is 2.38. The van der Waals surface area contributed by atoms with Crippen molar-refractivity contribution in [2.45, 2.75) is 47.6 Å². The zero-order valence-corrected chi connectivity index (χ0v) is 14.8. The Kier molecular flexibility index (Phi) is 5.34. The van der Waals surface area contributed by atoms with Crippen LogP contribution in [0, 0.1) is 26.7 Å². The summed E-state index contributed by atoms with van der Waals surface area (Å²) in [5, 5.41) is 8.49. The minimum Gasteiger partial charge on any atom is -0.351 e. The molecule has 5 nitrogen and oxygen atoms in total. The number of carbonyl (C=O) groups excluding carboxylic acids is 1. The largest absolute Gasteiger partial charge is 0.351 e. The molecule has 0 aliphatic rings. The van der Waals surface area contributed by atoms with Gasteiger partial charge in [0.25, 0.3) is 5.91 Å². The lowest BCUT2D eigenvalue weighted by Crippen LogP contribution is -2.30. The molecule has 1 atom stereocenters. The van der Waals surface area contributed by atoms with Gasteiger partial charge in [0.15, 0.2) is 0 Å². The van der Waals surface area contributed by atoms with Crippen molar-refractivity contribution in [2.75, 3.05) is 6.54 Å². The zero-order valence-electron chi connectivity index (χ0n) is 13.9. The van der Waals surface area contributed by atoms with Gasteiger partial charge in [0, 0.05) is 18.8 Å². The fraction of sp³-hybridized carbons (Fsp3) is 0.562. The van der Waals surface area contributed by atoms with Crippen molar-refractivity contribution >= 4 is 17.2 Å². The Labute approximate surface area is 135 Å². The Morgan fingerprint density at radius 1 is 1.41 bits per heavy atom. The van der Waals surface area contributed by atoms with Gasteiger partial charge in [-0.25, -0.2) is 4.98 Å². The lowest BCUT2D eigenvalue weighted by molar-refractivity contribution is 0.0950. The van der Waals surface area contributed by atoms with Crippen LogP contribution < -0.4 is 5.32 Å². The highest BCUT2D eigenvalue weighted by atomic mass is 32.1. The molecule has 6 heteroatoms. The van der Waals surface area contributed by atoms with E-state index in [0.29, 0.717) is 12.5 Å².